The van der Waals surface area contributed by atoms with E-state index >= 15 is 0 Å². The first-order chi connectivity index (χ1) is 11.0. The molecule has 2 aliphatic rings. The van der Waals surface area contributed by atoms with Crippen LogP contribution in [0.2, 0.25) is 0 Å². The molecule has 2 aromatic rings. The summed E-state index contributed by atoms with van der Waals surface area (Å²) >= 11 is 0. The Kier molecular flexibility index (Phi) is 2.97. The quantitative estimate of drug-likeness (QED) is 0.782. The topological polar surface area (TPSA) is 71.3 Å². The molecule has 0 saturated carbocycles. The van der Waals surface area contributed by atoms with Crippen LogP contribution in [0.25, 0.3) is 0 Å². The van der Waals surface area contributed by atoms with E-state index < -0.39 is 0 Å². The number of aryl methyl sites for hydroxylation is 1. The molecule has 0 bridgehead atoms. The minimum Gasteiger partial charge on any atom is -0.339 e. The van der Waals surface area contributed by atoms with E-state index in [1.165, 1.54) is 0 Å². The summed E-state index contributed by atoms with van der Waals surface area (Å²) < 4.78 is 1.63. The van der Waals surface area contributed by atoms with Gasteiger partial charge in [0.2, 0.25) is 0 Å². The lowest BCUT2D eigenvalue weighted by Gasteiger charge is -2.22. The molecule has 0 unspecified atom stereocenters. The van der Waals surface area contributed by atoms with Gasteiger partial charge in [-0.05, 0) is 24.1 Å². The number of carbonyl (C=O) groups is 2. The van der Waals surface area contributed by atoms with Crippen LogP contribution in [0.15, 0.2) is 18.3 Å². The van der Waals surface area contributed by atoms with Crippen molar-refractivity contribution in [2.45, 2.75) is 26.6 Å². The minimum atomic E-state index is -0.142. The van der Waals surface area contributed by atoms with Crippen LogP contribution in [0.1, 0.15) is 37.8 Å². The molecule has 118 valence electrons. The zero-order chi connectivity index (χ0) is 16.1. The molecule has 0 aliphatic carbocycles. The summed E-state index contributed by atoms with van der Waals surface area (Å²) in [5.41, 5.74) is 3.97. The van der Waals surface area contributed by atoms with Crippen molar-refractivity contribution in [3.8, 4) is 0 Å². The maximum atomic E-state index is 12.7. The number of pyridine rings is 1. The van der Waals surface area contributed by atoms with E-state index in [-0.39, 0.29) is 11.8 Å². The molecular formula is C16H17N5O2. The molecule has 4 rings (SSSR count). The van der Waals surface area contributed by atoms with Crippen LogP contribution >= 0.6 is 0 Å². The molecular weight excluding hydrogens is 294 g/mol. The number of likely N-dealkylation sites (N-methyl/N-ethyl adjacent to an activating group) is 1. The molecule has 0 spiro atoms. The maximum Gasteiger partial charge on any atom is 0.274 e. The Morgan fingerprint density at radius 2 is 1.96 bits per heavy atom. The Hall–Kier alpha value is -2.70. The number of amides is 2. The highest BCUT2D eigenvalue weighted by Gasteiger charge is 2.30. The fourth-order valence-corrected chi connectivity index (χ4v) is 3.11. The molecule has 2 amide bonds. The Morgan fingerprint density at radius 3 is 2.78 bits per heavy atom. The van der Waals surface area contributed by atoms with Gasteiger partial charge < -0.3 is 9.80 Å². The zero-order valence-electron chi connectivity index (χ0n) is 13.1. The van der Waals surface area contributed by atoms with Crippen LogP contribution in [0, 0.1) is 6.92 Å². The summed E-state index contributed by atoms with van der Waals surface area (Å²) in [5.74, 6) is -0.233. The average Bonchev–Trinajstić information content (AvgIpc) is 3.14. The number of rotatable bonds is 1. The molecule has 0 fully saturated rings. The summed E-state index contributed by atoms with van der Waals surface area (Å²) in [5, 5.41) is 4.32. The monoisotopic (exact) mass is 311 g/mol. The van der Waals surface area contributed by atoms with E-state index in [1.807, 2.05) is 19.2 Å². The first kappa shape index (κ1) is 13.9. The highest BCUT2D eigenvalue weighted by molar-refractivity contribution is 5.98. The molecule has 7 heteroatoms. The van der Waals surface area contributed by atoms with E-state index in [1.54, 1.807) is 27.6 Å². The molecule has 4 heterocycles. The smallest absolute Gasteiger partial charge is 0.274 e. The van der Waals surface area contributed by atoms with Crippen molar-refractivity contribution in [2.24, 2.45) is 0 Å². The summed E-state index contributed by atoms with van der Waals surface area (Å²) in [7, 11) is 1.76. The van der Waals surface area contributed by atoms with Crippen molar-refractivity contribution in [1.82, 2.24) is 24.6 Å². The highest BCUT2D eigenvalue weighted by Crippen LogP contribution is 2.24. The van der Waals surface area contributed by atoms with Gasteiger partial charge in [0, 0.05) is 44.6 Å². The average molecular weight is 311 g/mol. The van der Waals surface area contributed by atoms with Gasteiger partial charge in [-0.25, -0.2) is 0 Å². The van der Waals surface area contributed by atoms with E-state index in [2.05, 4.69) is 10.1 Å². The lowest BCUT2D eigenvalue weighted by atomic mass is 10.2. The number of hydrogen-bond acceptors (Lipinski definition) is 4. The van der Waals surface area contributed by atoms with E-state index in [4.69, 9.17) is 0 Å². The molecule has 2 aliphatic heterocycles. The van der Waals surface area contributed by atoms with Gasteiger partial charge in [0.15, 0.2) is 5.69 Å². The Morgan fingerprint density at radius 1 is 1.17 bits per heavy atom. The summed E-state index contributed by atoms with van der Waals surface area (Å²) in [6.45, 7) is 4.27. The predicted octanol–water partition coefficient (Wildman–Crippen LogP) is 0.828. The maximum absolute atomic E-state index is 12.7. The van der Waals surface area contributed by atoms with Gasteiger partial charge >= 0.3 is 0 Å². The second kappa shape index (κ2) is 4.91. The minimum absolute atomic E-state index is 0.0904. The Labute approximate surface area is 133 Å². The van der Waals surface area contributed by atoms with Gasteiger partial charge in [-0.1, -0.05) is 0 Å². The number of nitrogens with zero attached hydrogens (tertiary/aromatic N) is 5. The van der Waals surface area contributed by atoms with Crippen LogP contribution in [0.4, 0.5) is 0 Å². The second-order valence-corrected chi connectivity index (χ2v) is 6.12. The lowest BCUT2D eigenvalue weighted by Crippen LogP contribution is -2.37. The summed E-state index contributed by atoms with van der Waals surface area (Å²) in [6, 6.07) is 3.62. The third-order valence-electron chi connectivity index (χ3n) is 4.44. The summed E-state index contributed by atoms with van der Waals surface area (Å²) in [6.07, 6.45) is 1.83. The van der Waals surface area contributed by atoms with Crippen molar-refractivity contribution >= 4 is 11.8 Å². The van der Waals surface area contributed by atoms with Crippen molar-refractivity contribution < 1.29 is 9.59 Å². The van der Waals surface area contributed by atoms with Crippen LogP contribution in [0.3, 0.4) is 0 Å². The number of hydrogen-bond donors (Lipinski definition) is 0. The molecule has 0 atom stereocenters. The zero-order valence-corrected chi connectivity index (χ0v) is 13.1. The summed E-state index contributed by atoms with van der Waals surface area (Å²) in [4.78, 5) is 32.5. The molecule has 0 saturated heterocycles. The van der Waals surface area contributed by atoms with Crippen molar-refractivity contribution in [3.05, 3.63) is 46.5 Å². The van der Waals surface area contributed by atoms with E-state index in [0.717, 1.165) is 16.8 Å². The van der Waals surface area contributed by atoms with E-state index in [0.29, 0.717) is 37.6 Å². The molecule has 0 radical (unpaired) electrons. The molecule has 2 aromatic heterocycles. The van der Waals surface area contributed by atoms with Crippen LogP contribution in [-0.4, -0.2) is 50.0 Å². The number of carbonyl (C=O) groups excluding carboxylic acids is 2. The van der Waals surface area contributed by atoms with Crippen molar-refractivity contribution in [1.29, 1.82) is 0 Å². The molecule has 0 aromatic carbocycles. The van der Waals surface area contributed by atoms with Gasteiger partial charge in [0.1, 0.15) is 5.69 Å². The second-order valence-electron chi connectivity index (χ2n) is 6.12. The lowest BCUT2D eigenvalue weighted by molar-refractivity contribution is 0.0730. The number of fused-ring (bicyclic) bond motifs is 2. The first-order valence-corrected chi connectivity index (χ1v) is 7.60. The third-order valence-corrected chi connectivity index (χ3v) is 4.44. The Bertz CT molecular complexity index is 826. The highest BCUT2D eigenvalue weighted by atomic mass is 16.2. The first-order valence-electron chi connectivity index (χ1n) is 7.60. The van der Waals surface area contributed by atoms with Gasteiger partial charge in [-0.3, -0.25) is 19.3 Å². The van der Waals surface area contributed by atoms with Crippen molar-refractivity contribution in [3.63, 3.8) is 0 Å². The van der Waals surface area contributed by atoms with Crippen LogP contribution in [0.5, 0.6) is 0 Å². The van der Waals surface area contributed by atoms with Gasteiger partial charge in [0.05, 0.1) is 6.54 Å². The number of aromatic nitrogens is 3. The molecule has 0 N–H and O–H groups in total. The fraction of sp³-hybridized carbons (Fsp3) is 0.375. The van der Waals surface area contributed by atoms with Crippen LogP contribution in [-0.2, 0) is 19.6 Å². The normalized spacial score (nSPS) is 16.5. The molecule has 7 nitrogen and oxygen atoms in total. The van der Waals surface area contributed by atoms with Gasteiger partial charge in [0.25, 0.3) is 11.8 Å². The molecule has 23 heavy (non-hydrogen) atoms. The Balaban J connectivity index is 1.60. The standard InChI is InChI=1S/C16H17N5O2/c1-10-5-11-8-20(9-12(11)7-17-10)15(22)13-6-14-16(23)19(2)3-4-21(14)18-13/h5-7H,3-4,8-9H2,1-2H3. The third kappa shape index (κ3) is 2.19. The van der Waals surface area contributed by atoms with Gasteiger partial charge in [-0.15, -0.1) is 0 Å². The van der Waals surface area contributed by atoms with Gasteiger partial charge in [-0.2, -0.15) is 5.10 Å². The van der Waals surface area contributed by atoms with Crippen LogP contribution < -0.4 is 0 Å². The SMILES string of the molecule is Cc1cc2c(cn1)CN(C(=O)c1cc3n(n1)CCN(C)C3=O)C2. The predicted molar refractivity (Wildman–Crippen MR) is 81.7 cm³/mol. The fourth-order valence-electron chi connectivity index (χ4n) is 3.11. The van der Waals surface area contributed by atoms with Crippen molar-refractivity contribution in [2.75, 3.05) is 13.6 Å². The largest absolute Gasteiger partial charge is 0.339 e. The van der Waals surface area contributed by atoms with E-state index in [9.17, 15) is 9.59 Å².